The molecule has 0 bridgehead atoms. The van der Waals surface area contributed by atoms with E-state index in [1.165, 1.54) is 44.9 Å². The molecule has 0 heterocycles. The SMILES string of the molecule is CCC(C)CCCCCCCCC(N)CC(=O)O. The average molecular weight is 257 g/mol. The maximum absolute atomic E-state index is 10.4. The lowest BCUT2D eigenvalue weighted by Gasteiger charge is -2.09. The molecule has 3 heteroatoms. The van der Waals surface area contributed by atoms with E-state index in [-0.39, 0.29) is 12.5 Å². The minimum atomic E-state index is -0.785. The van der Waals surface area contributed by atoms with E-state index < -0.39 is 5.97 Å². The van der Waals surface area contributed by atoms with Crippen LogP contribution in [0.4, 0.5) is 0 Å². The summed E-state index contributed by atoms with van der Waals surface area (Å²) in [6.07, 6.45) is 11.1. The summed E-state index contributed by atoms with van der Waals surface area (Å²) in [5.74, 6) is 0.0894. The first kappa shape index (κ1) is 17.4. The Hall–Kier alpha value is -0.570. The maximum Gasteiger partial charge on any atom is 0.304 e. The van der Waals surface area contributed by atoms with Crippen molar-refractivity contribution in [1.82, 2.24) is 0 Å². The third-order valence-corrected chi connectivity index (χ3v) is 3.66. The highest BCUT2D eigenvalue weighted by Crippen LogP contribution is 2.14. The summed E-state index contributed by atoms with van der Waals surface area (Å²) in [4.78, 5) is 10.4. The van der Waals surface area contributed by atoms with Gasteiger partial charge in [-0.25, -0.2) is 0 Å². The van der Waals surface area contributed by atoms with Gasteiger partial charge in [-0.3, -0.25) is 4.79 Å². The Morgan fingerprint density at radius 3 is 2.06 bits per heavy atom. The van der Waals surface area contributed by atoms with E-state index in [2.05, 4.69) is 13.8 Å². The molecule has 0 aromatic rings. The highest BCUT2D eigenvalue weighted by molar-refractivity contribution is 5.67. The van der Waals surface area contributed by atoms with Gasteiger partial charge in [0.25, 0.3) is 0 Å². The molecule has 3 nitrogen and oxygen atoms in total. The topological polar surface area (TPSA) is 63.3 Å². The summed E-state index contributed by atoms with van der Waals surface area (Å²) >= 11 is 0. The summed E-state index contributed by atoms with van der Waals surface area (Å²) in [6, 6.07) is -0.159. The second kappa shape index (κ2) is 11.5. The second-order valence-electron chi connectivity index (χ2n) is 5.57. The van der Waals surface area contributed by atoms with Gasteiger partial charge in [0.15, 0.2) is 0 Å². The Bertz CT molecular complexity index is 207. The summed E-state index contributed by atoms with van der Waals surface area (Å²) in [5, 5.41) is 8.57. The number of unbranched alkanes of at least 4 members (excludes halogenated alkanes) is 5. The molecule has 0 saturated carbocycles. The molecule has 0 amide bonds. The van der Waals surface area contributed by atoms with Gasteiger partial charge in [-0.2, -0.15) is 0 Å². The van der Waals surface area contributed by atoms with Crippen LogP contribution in [-0.2, 0) is 4.79 Å². The van der Waals surface area contributed by atoms with Crippen LogP contribution in [0.5, 0.6) is 0 Å². The van der Waals surface area contributed by atoms with Crippen molar-refractivity contribution in [2.45, 2.75) is 84.1 Å². The molecule has 0 saturated heterocycles. The summed E-state index contributed by atoms with van der Waals surface area (Å²) < 4.78 is 0. The van der Waals surface area contributed by atoms with Crippen LogP contribution in [0, 0.1) is 5.92 Å². The van der Waals surface area contributed by atoms with Gasteiger partial charge < -0.3 is 10.8 Å². The molecule has 0 radical (unpaired) electrons. The third kappa shape index (κ3) is 11.9. The van der Waals surface area contributed by atoms with Gasteiger partial charge in [-0.15, -0.1) is 0 Å². The fourth-order valence-electron chi connectivity index (χ4n) is 2.14. The highest BCUT2D eigenvalue weighted by atomic mass is 16.4. The van der Waals surface area contributed by atoms with Crippen LogP contribution < -0.4 is 5.73 Å². The fraction of sp³-hybridized carbons (Fsp3) is 0.933. The normalized spacial score (nSPS) is 14.4. The molecule has 0 aliphatic carbocycles. The first-order valence-electron chi connectivity index (χ1n) is 7.53. The molecule has 2 unspecified atom stereocenters. The van der Waals surface area contributed by atoms with E-state index in [0.717, 1.165) is 18.8 Å². The van der Waals surface area contributed by atoms with Crippen molar-refractivity contribution in [2.75, 3.05) is 0 Å². The first-order valence-corrected chi connectivity index (χ1v) is 7.53. The highest BCUT2D eigenvalue weighted by Gasteiger charge is 2.06. The molecule has 0 aliphatic rings. The van der Waals surface area contributed by atoms with Gasteiger partial charge >= 0.3 is 5.97 Å². The predicted octanol–water partition coefficient (Wildman–Crippen LogP) is 3.96. The van der Waals surface area contributed by atoms with Crippen LogP contribution >= 0.6 is 0 Å². The maximum atomic E-state index is 10.4. The zero-order chi connectivity index (χ0) is 13.8. The minimum Gasteiger partial charge on any atom is -0.481 e. The summed E-state index contributed by atoms with van der Waals surface area (Å²) in [5.41, 5.74) is 5.70. The molecule has 18 heavy (non-hydrogen) atoms. The van der Waals surface area contributed by atoms with Crippen molar-refractivity contribution in [1.29, 1.82) is 0 Å². The Kier molecular flexibility index (Phi) is 11.2. The number of hydrogen-bond donors (Lipinski definition) is 2. The van der Waals surface area contributed by atoms with Crippen LogP contribution in [0.2, 0.25) is 0 Å². The van der Waals surface area contributed by atoms with Crippen molar-refractivity contribution in [3.8, 4) is 0 Å². The lowest BCUT2D eigenvalue weighted by Crippen LogP contribution is -2.23. The molecule has 108 valence electrons. The van der Waals surface area contributed by atoms with Crippen molar-refractivity contribution in [3.63, 3.8) is 0 Å². The second-order valence-corrected chi connectivity index (χ2v) is 5.57. The number of carboxylic acid groups (broad SMARTS) is 1. The molecule has 2 atom stereocenters. The molecule has 0 aliphatic heterocycles. The van der Waals surface area contributed by atoms with E-state index in [1.54, 1.807) is 0 Å². The zero-order valence-electron chi connectivity index (χ0n) is 12.2. The lowest BCUT2D eigenvalue weighted by molar-refractivity contribution is -0.137. The molecule has 0 spiro atoms. The predicted molar refractivity (Wildman–Crippen MR) is 76.6 cm³/mol. The van der Waals surface area contributed by atoms with E-state index in [1.807, 2.05) is 0 Å². The Morgan fingerprint density at radius 2 is 1.56 bits per heavy atom. The van der Waals surface area contributed by atoms with Crippen molar-refractivity contribution < 1.29 is 9.90 Å². The van der Waals surface area contributed by atoms with E-state index in [4.69, 9.17) is 10.8 Å². The molecule has 3 N–H and O–H groups in total. The zero-order valence-corrected chi connectivity index (χ0v) is 12.2. The standard InChI is InChI=1S/C15H31NO2/c1-3-13(2)10-8-6-4-5-7-9-11-14(16)12-15(17)18/h13-14H,3-12,16H2,1-2H3,(H,17,18). The van der Waals surface area contributed by atoms with E-state index in [9.17, 15) is 4.79 Å². The van der Waals surface area contributed by atoms with Crippen molar-refractivity contribution in [3.05, 3.63) is 0 Å². The first-order chi connectivity index (χ1) is 8.56. The van der Waals surface area contributed by atoms with Gasteiger partial charge in [0.1, 0.15) is 0 Å². The minimum absolute atomic E-state index is 0.106. The fourth-order valence-corrected chi connectivity index (χ4v) is 2.14. The van der Waals surface area contributed by atoms with Gasteiger partial charge in [-0.1, -0.05) is 65.2 Å². The number of rotatable bonds is 12. The van der Waals surface area contributed by atoms with Gasteiger partial charge in [0.05, 0.1) is 6.42 Å². The number of aliphatic carboxylic acids is 1. The lowest BCUT2D eigenvalue weighted by atomic mass is 9.99. The van der Waals surface area contributed by atoms with Gasteiger partial charge in [-0.05, 0) is 12.3 Å². The average Bonchev–Trinajstić information content (AvgIpc) is 2.31. The quantitative estimate of drug-likeness (QED) is 0.520. The molecule has 0 aromatic heterocycles. The smallest absolute Gasteiger partial charge is 0.304 e. The Balaban J connectivity index is 3.18. The van der Waals surface area contributed by atoms with Gasteiger partial charge in [0.2, 0.25) is 0 Å². The monoisotopic (exact) mass is 257 g/mol. The number of carboxylic acids is 1. The van der Waals surface area contributed by atoms with E-state index >= 15 is 0 Å². The van der Waals surface area contributed by atoms with Crippen LogP contribution in [0.1, 0.15) is 78.1 Å². The van der Waals surface area contributed by atoms with Crippen LogP contribution in [0.15, 0.2) is 0 Å². The molecular formula is C15H31NO2. The van der Waals surface area contributed by atoms with Crippen molar-refractivity contribution in [2.24, 2.45) is 11.7 Å². The largest absolute Gasteiger partial charge is 0.481 e. The van der Waals surface area contributed by atoms with Gasteiger partial charge in [0, 0.05) is 6.04 Å². The number of nitrogens with two attached hydrogens (primary N) is 1. The van der Waals surface area contributed by atoms with E-state index in [0.29, 0.717) is 0 Å². The summed E-state index contributed by atoms with van der Waals surface area (Å²) in [7, 11) is 0. The van der Waals surface area contributed by atoms with Crippen LogP contribution in [-0.4, -0.2) is 17.1 Å². The van der Waals surface area contributed by atoms with Crippen molar-refractivity contribution >= 4 is 5.97 Å². The Labute approximate surface area is 112 Å². The third-order valence-electron chi connectivity index (χ3n) is 3.66. The number of carbonyl (C=O) groups is 1. The number of hydrogen-bond acceptors (Lipinski definition) is 2. The molecule has 0 rings (SSSR count). The van der Waals surface area contributed by atoms with Crippen LogP contribution in [0.3, 0.4) is 0 Å². The molecule has 0 fully saturated rings. The molecule has 0 aromatic carbocycles. The molecular weight excluding hydrogens is 226 g/mol. The summed E-state index contributed by atoms with van der Waals surface area (Å²) in [6.45, 7) is 4.58. The van der Waals surface area contributed by atoms with Crippen LogP contribution in [0.25, 0.3) is 0 Å². The Morgan fingerprint density at radius 1 is 1.06 bits per heavy atom.